The van der Waals surface area contributed by atoms with Crippen LogP contribution in [0, 0.1) is 5.82 Å². The van der Waals surface area contributed by atoms with E-state index in [1.807, 2.05) is 0 Å². The lowest BCUT2D eigenvalue weighted by atomic mass is 9.75. The first kappa shape index (κ1) is 22.7. The molecule has 0 aromatic heterocycles. The summed E-state index contributed by atoms with van der Waals surface area (Å²) >= 11 is 0. The molecule has 34 heavy (non-hydrogen) atoms. The number of aryl methyl sites for hydroxylation is 1. The van der Waals surface area contributed by atoms with Gasteiger partial charge in [0.15, 0.2) is 0 Å². The van der Waals surface area contributed by atoms with Gasteiger partial charge in [0, 0.05) is 57.7 Å². The van der Waals surface area contributed by atoms with Gasteiger partial charge in [0.1, 0.15) is 5.82 Å². The van der Waals surface area contributed by atoms with Crippen molar-refractivity contribution in [1.29, 1.82) is 0 Å². The summed E-state index contributed by atoms with van der Waals surface area (Å²) < 4.78 is 14.8. The average molecular weight is 464 g/mol. The largest absolute Gasteiger partial charge is 0.340 e. The number of imide groups is 1. The number of likely N-dealkylation sites (tertiary alicyclic amines) is 1. The number of carbonyl (C=O) groups is 3. The fourth-order valence-electron chi connectivity index (χ4n) is 5.88. The molecule has 2 saturated heterocycles. The summed E-state index contributed by atoms with van der Waals surface area (Å²) in [4.78, 5) is 44.1. The Balaban J connectivity index is 1.27. The molecule has 0 bridgehead atoms. The molecular weight excluding hydrogens is 433 g/mol. The molecule has 0 radical (unpaired) electrons. The van der Waals surface area contributed by atoms with Gasteiger partial charge in [-0.1, -0.05) is 42.5 Å². The summed E-state index contributed by atoms with van der Waals surface area (Å²) in [7, 11) is 1.40. The molecule has 2 unspecified atom stereocenters. The molecule has 3 amide bonds. The Bertz CT molecular complexity index is 1130. The van der Waals surface area contributed by atoms with Crippen LogP contribution in [0.4, 0.5) is 4.39 Å². The normalized spacial score (nSPS) is 25.5. The molecule has 5 rings (SSSR count). The Hall–Kier alpha value is -3.06. The van der Waals surface area contributed by atoms with Crippen LogP contribution in [0.1, 0.15) is 36.0 Å². The second-order valence-corrected chi connectivity index (χ2v) is 9.76. The first-order chi connectivity index (χ1) is 16.4. The highest BCUT2D eigenvalue weighted by atomic mass is 19.1. The van der Waals surface area contributed by atoms with Crippen LogP contribution in [0.15, 0.2) is 48.5 Å². The molecule has 3 aliphatic rings. The lowest BCUT2D eigenvalue weighted by molar-refractivity contribution is -0.142. The molecule has 6 nitrogen and oxygen atoms in total. The van der Waals surface area contributed by atoms with Crippen LogP contribution in [0.25, 0.3) is 0 Å². The zero-order valence-corrected chi connectivity index (χ0v) is 19.5. The third-order valence-corrected chi connectivity index (χ3v) is 7.89. The fraction of sp³-hybridized carbons (Fsp3) is 0.444. The molecule has 2 heterocycles. The molecule has 2 aromatic carbocycles. The molecule has 2 atom stereocenters. The van der Waals surface area contributed by atoms with Crippen LogP contribution in [-0.2, 0) is 32.6 Å². The molecule has 7 heteroatoms. The minimum absolute atomic E-state index is 0.130. The Labute approximate surface area is 199 Å². The number of hydrogen-bond donors (Lipinski definition) is 0. The Morgan fingerprint density at radius 3 is 2.35 bits per heavy atom. The third kappa shape index (κ3) is 3.92. The number of benzene rings is 2. The highest BCUT2D eigenvalue weighted by molar-refractivity contribution is 6.10. The highest BCUT2D eigenvalue weighted by Crippen LogP contribution is 2.41. The first-order valence-corrected chi connectivity index (χ1v) is 12.0. The predicted octanol–water partition coefficient (Wildman–Crippen LogP) is 2.54. The summed E-state index contributed by atoms with van der Waals surface area (Å²) in [5.41, 5.74) is 1.51. The lowest BCUT2D eigenvalue weighted by Gasteiger charge is -2.41. The second-order valence-electron chi connectivity index (χ2n) is 9.76. The number of nitrogens with zero attached hydrogens (tertiary/aromatic N) is 3. The van der Waals surface area contributed by atoms with Crippen molar-refractivity contribution in [3.63, 3.8) is 0 Å². The zero-order valence-electron chi connectivity index (χ0n) is 19.5. The Morgan fingerprint density at radius 2 is 1.68 bits per heavy atom. The van der Waals surface area contributed by atoms with Crippen molar-refractivity contribution in [1.82, 2.24) is 14.7 Å². The maximum atomic E-state index is 14.8. The lowest BCUT2D eigenvalue weighted by Crippen LogP contribution is -2.54. The summed E-state index contributed by atoms with van der Waals surface area (Å²) in [5.74, 6) is -1.65. The Kier molecular flexibility index (Phi) is 5.98. The van der Waals surface area contributed by atoms with Gasteiger partial charge in [-0.05, 0) is 36.5 Å². The number of piperazine rings is 1. The number of halogens is 1. The van der Waals surface area contributed by atoms with Crippen LogP contribution < -0.4 is 0 Å². The minimum atomic E-state index is -1.47. The molecule has 0 N–H and O–H groups in total. The van der Waals surface area contributed by atoms with Crippen molar-refractivity contribution in [3.8, 4) is 0 Å². The van der Waals surface area contributed by atoms with Gasteiger partial charge in [0.25, 0.3) is 0 Å². The molecule has 178 valence electrons. The standard InChI is InChI=1S/C27H30FN3O3/c1-29-24(32)17-27(26(29)34,22-8-4-5-9-23(22)28)18-25(33)31-14-12-30(13-15-31)21-11-10-19-6-2-3-7-20(19)16-21/h2-9,21H,10-18H2,1H3. The highest BCUT2D eigenvalue weighted by Gasteiger charge is 2.54. The fourth-order valence-corrected chi connectivity index (χ4v) is 5.88. The maximum Gasteiger partial charge on any atom is 0.240 e. The smallest absolute Gasteiger partial charge is 0.240 e. The van der Waals surface area contributed by atoms with Gasteiger partial charge in [-0.25, -0.2) is 4.39 Å². The van der Waals surface area contributed by atoms with Gasteiger partial charge in [0.05, 0.1) is 5.41 Å². The van der Waals surface area contributed by atoms with Gasteiger partial charge in [0.2, 0.25) is 17.7 Å². The van der Waals surface area contributed by atoms with Gasteiger partial charge < -0.3 is 4.90 Å². The summed E-state index contributed by atoms with van der Waals surface area (Å²) in [6.07, 6.45) is 2.85. The van der Waals surface area contributed by atoms with Gasteiger partial charge >= 0.3 is 0 Å². The predicted molar refractivity (Wildman–Crippen MR) is 125 cm³/mol. The molecule has 0 spiro atoms. The monoisotopic (exact) mass is 463 g/mol. The van der Waals surface area contributed by atoms with Crippen molar-refractivity contribution in [3.05, 3.63) is 71.0 Å². The molecule has 2 aromatic rings. The van der Waals surface area contributed by atoms with Crippen LogP contribution in [-0.4, -0.2) is 71.7 Å². The van der Waals surface area contributed by atoms with Crippen molar-refractivity contribution in [2.24, 2.45) is 0 Å². The van der Waals surface area contributed by atoms with Gasteiger partial charge in [-0.2, -0.15) is 0 Å². The Morgan fingerprint density at radius 1 is 1.00 bits per heavy atom. The van der Waals surface area contributed by atoms with E-state index in [0.29, 0.717) is 19.1 Å². The van der Waals surface area contributed by atoms with Crippen molar-refractivity contribution in [2.75, 3.05) is 33.2 Å². The first-order valence-electron chi connectivity index (χ1n) is 12.0. The number of fused-ring (bicyclic) bond motifs is 1. The van der Waals surface area contributed by atoms with E-state index < -0.39 is 17.1 Å². The molecule has 2 aliphatic heterocycles. The summed E-state index contributed by atoms with van der Waals surface area (Å²) in [6, 6.07) is 15.1. The van der Waals surface area contributed by atoms with E-state index in [1.165, 1.54) is 30.3 Å². The van der Waals surface area contributed by atoms with E-state index in [1.54, 1.807) is 17.0 Å². The summed E-state index contributed by atoms with van der Waals surface area (Å²) in [5, 5.41) is 0. The number of rotatable bonds is 4. The zero-order chi connectivity index (χ0) is 23.9. The third-order valence-electron chi connectivity index (χ3n) is 7.89. The van der Waals surface area contributed by atoms with Gasteiger partial charge in [-0.15, -0.1) is 0 Å². The van der Waals surface area contributed by atoms with E-state index in [-0.39, 0.29) is 30.2 Å². The van der Waals surface area contributed by atoms with Crippen molar-refractivity contribution >= 4 is 17.7 Å². The maximum absolute atomic E-state index is 14.8. The average Bonchev–Trinajstić information content (AvgIpc) is 3.08. The van der Waals surface area contributed by atoms with E-state index in [0.717, 1.165) is 37.3 Å². The second kappa shape index (κ2) is 8.95. The number of likely N-dealkylation sites (N-methyl/N-ethyl adjacent to an activating group) is 1. The van der Waals surface area contributed by atoms with Gasteiger partial charge in [-0.3, -0.25) is 24.2 Å². The quantitative estimate of drug-likeness (QED) is 0.654. The summed E-state index contributed by atoms with van der Waals surface area (Å²) in [6.45, 7) is 2.70. The van der Waals surface area contributed by atoms with E-state index in [4.69, 9.17) is 0 Å². The number of carbonyl (C=O) groups excluding carboxylic acids is 3. The van der Waals surface area contributed by atoms with E-state index in [9.17, 15) is 18.8 Å². The van der Waals surface area contributed by atoms with Crippen LogP contribution >= 0.6 is 0 Å². The topological polar surface area (TPSA) is 60.9 Å². The van der Waals surface area contributed by atoms with Crippen LogP contribution in [0.3, 0.4) is 0 Å². The molecule has 1 aliphatic carbocycles. The minimum Gasteiger partial charge on any atom is -0.340 e. The van der Waals surface area contributed by atoms with Crippen LogP contribution in [0.5, 0.6) is 0 Å². The number of amides is 3. The molecular formula is C27H30FN3O3. The van der Waals surface area contributed by atoms with Crippen molar-refractivity contribution < 1.29 is 18.8 Å². The SMILES string of the molecule is CN1C(=O)CC(CC(=O)N2CCN(C3CCc4ccccc4C3)CC2)(c2ccccc2F)C1=O. The molecule has 0 saturated carbocycles. The molecule has 2 fully saturated rings. The van der Waals surface area contributed by atoms with Crippen molar-refractivity contribution in [2.45, 2.75) is 43.6 Å². The van der Waals surface area contributed by atoms with E-state index in [2.05, 4.69) is 29.2 Å². The number of hydrogen-bond acceptors (Lipinski definition) is 4. The van der Waals surface area contributed by atoms with E-state index >= 15 is 0 Å². The van der Waals surface area contributed by atoms with Crippen LogP contribution in [0.2, 0.25) is 0 Å².